The highest BCUT2D eigenvalue weighted by molar-refractivity contribution is 7.80. The molecule has 0 aliphatic heterocycles. The molecule has 1 nitrogen and oxygen atoms in total. The van der Waals surface area contributed by atoms with E-state index in [1.54, 1.807) is 0 Å². The summed E-state index contributed by atoms with van der Waals surface area (Å²) in [5.74, 6) is 2.24. The quantitative estimate of drug-likeness (QED) is 0.471. The predicted octanol–water partition coefficient (Wildman–Crippen LogP) is 3.40. The van der Waals surface area contributed by atoms with Crippen molar-refractivity contribution in [2.45, 2.75) is 40.0 Å². The van der Waals surface area contributed by atoms with E-state index < -0.39 is 0 Å². The molecule has 0 rings (SSSR count). The predicted molar refractivity (Wildman–Crippen MR) is 62.5 cm³/mol. The molecule has 0 bridgehead atoms. The van der Waals surface area contributed by atoms with Crippen LogP contribution in [0.25, 0.3) is 0 Å². The van der Waals surface area contributed by atoms with Crippen LogP contribution in [0.5, 0.6) is 0 Å². The summed E-state index contributed by atoms with van der Waals surface area (Å²) in [4.78, 5) is 0. The molecular formula is C11H24OS. The zero-order valence-corrected chi connectivity index (χ0v) is 10.1. The molecule has 0 heterocycles. The van der Waals surface area contributed by atoms with E-state index in [4.69, 9.17) is 4.74 Å². The van der Waals surface area contributed by atoms with Gasteiger partial charge in [0.2, 0.25) is 0 Å². The fourth-order valence-electron chi connectivity index (χ4n) is 1.14. The summed E-state index contributed by atoms with van der Waals surface area (Å²) in [6.07, 6.45) is 3.75. The van der Waals surface area contributed by atoms with Crippen molar-refractivity contribution in [3.05, 3.63) is 0 Å². The molecule has 0 N–H and O–H groups in total. The highest BCUT2D eigenvalue weighted by Crippen LogP contribution is 2.12. The van der Waals surface area contributed by atoms with Gasteiger partial charge in [-0.3, -0.25) is 0 Å². The van der Waals surface area contributed by atoms with Gasteiger partial charge in [-0.15, -0.1) is 0 Å². The summed E-state index contributed by atoms with van der Waals surface area (Å²) in [6.45, 7) is 8.48. The van der Waals surface area contributed by atoms with E-state index in [1.807, 2.05) is 0 Å². The van der Waals surface area contributed by atoms with E-state index in [2.05, 4.69) is 33.4 Å². The molecule has 0 saturated carbocycles. The number of ether oxygens (including phenoxy) is 1. The van der Waals surface area contributed by atoms with Gasteiger partial charge in [0.1, 0.15) is 0 Å². The van der Waals surface area contributed by atoms with Crippen LogP contribution in [-0.4, -0.2) is 19.0 Å². The van der Waals surface area contributed by atoms with Crippen LogP contribution in [0.3, 0.4) is 0 Å². The topological polar surface area (TPSA) is 9.23 Å². The molecule has 0 saturated heterocycles. The van der Waals surface area contributed by atoms with Gasteiger partial charge in [-0.05, 0) is 24.0 Å². The van der Waals surface area contributed by atoms with E-state index in [0.29, 0.717) is 11.8 Å². The summed E-state index contributed by atoms with van der Waals surface area (Å²) in [6, 6.07) is 0. The van der Waals surface area contributed by atoms with Crippen molar-refractivity contribution in [3.63, 3.8) is 0 Å². The molecule has 2 heteroatoms. The fraction of sp³-hybridized carbons (Fsp3) is 1.00. The highest BCUT2D eigenvalue weighted by Gasteiger charge is 2.10. The lowest BCUT2D eigenvalue weighted by atomic mass is 9.99. The zero-order valence-electron chi connectivity index (χ0n) is 9.25. The summed E-state index contributed by atoms with van der Waals surface area (Å²) >= 11 is 4.32. The lowest BCUT2D eigenvalue weighted by molar-refractivity contribution is 0.0888. The Morgan fingerprint density at radius 2 is 1.92 bits per heavy atom. The smallest absolute Gasteiger partial charge is 0.0504 e. The molecular weight excluding hydrogens is 180 g/mol. The summed E-state index contributed by atoms with van der Waals surface area (Å²) < 4.78 is 5.60. The first-order valence-electron chi connectivity index (χ1n) is 5.41. The molecule has 0 spiro atoms. The van der Waals surface area contributed by atoms with Gasteiger partial charge < -0.3 is 4.74 Å². The Hall–Kier alpha value is 0.310. The zero-order chi connectivity index (χ0) is 10.1. The van der Waals surface area contributed by atoms with Gasteiger partial charge in [-0.1, -0.05) is 33.6 Å². The van der Waals surface area contributed by atoms with Crippen LogP contribution < -0.4 is 0 Å². The Morgan fingerprint density at radius 3 is 2.38 bits per heavy atom. The van der Waals surface area contributed by atoms with E-state index in [0.717, 1.165) is 19.0 Å². The van der Waals surface area contributed by atoms with Gasteiger partial charge in [0.15, 0.2) is 0 Å². The molecule has 13 heavy (non-hydrogen) atoms. The molecule has 0 aromatic carbocycles. The third-order valence-corrected chi connectivity index (χ3v) is 2.87. The van der Waals surface area contributed by atoms with Crippen LogP contribution in [0, 0.1) is 11.8 Å². The molecule has 0 aromatic heterocycles. The van der Waals surface area contributed by atoms with Gasteiger partial charge in [0.05, 0.1) is 6.61 Å². The largest absolute Gasteiger partial charge is 0.381 e. The first kappa shape index (κ1) is 13.3. The van der Waals surface area contributed by atoms with Gasteiger partial charge in [0, 0.05) is 6.61 Å². The molecule has 0 amide bonds. The van der Waals surface area contributed by atoms with E-state index in [-0.39, 0.29) is 0 Å². The third-order valence-electron chi connectivity index (χ3n) is 2.40. The van der Waals surface area contributed by atoms with Gasteiger partial charge in [0.25, 0.3) is 0 Å². The van der Waals surface area contributed by atoms with Crippen molar-refractivity contribution in [1.29, 1.82) is 0 Å². The van der Waals surface area contributed by atoms with Crippen molar-refractivity contribution in [1.82, 2.24) is 0 Å². The number of unbranched alkanes of at least 4 members (excludes halogenated alkanes) is 2. The first-order valence-corrected chi connectivity index (χ1v) is 6.04. The minimum Gasteiger partial charge on any atom is -0.381 e. The van der Waals surface area contributed by atoms with Gasteiger partial charge in [-0.2, -0.15) is 12.6 Å². The SMILES string of the molecule is CCCCCOCC(CS)C(C)C. The molecule has 0 radical (unpaired) electrons. The Balaban J connectivity index is 3.28. The summed E-state index contributed by atoms with van der Waals surface area (Å²) in [7, 11) is 0. The minimum atomic E-state index is 0.616. The van der Waals surface area contributed by atoms with Gasteiger partial charge >= 0.3 is 0 Å². The Morgan fingerprint density at radius 1 is 1.23 bits per heavy atom. The molecule has 1 unspecified atom stereocenters. The van der Waals surface area contributed by atoms with Crippen LogP contribution in [0.4, 0.5) is 0 Å². The minimum absolute atomic E-state index is 0.616. The van der Waals surface area contributed by atoms with E-state index >= 15 is 0 Å². The maximum atomic E-state index is 5.60. The highest BCUT2D eigenvalue weighted by atomic mass is 32.1. The normalized spacial score (nSPS) is 13.6. The average Bonchev–Trinajstić information content (AvgIpc) is 2.10. The van der Waals surface area contributed by atoms with Crippen molar-refractivity contribution in [2.75, 3.05) is 19.0 Å². The van der Waals surface area contributed by atoms with Crippen LogP contribution in [-0.2, 0) is 4.74 Å². The lowest BCUT2D eigenvalue weighted by Crippen LogP contribution is -2.17. The van der Waals surface area contributed by atoms with Crippen molar-refractivity contribution in [2.24, 2.45) is 11.8 Å². The van der Waals surface area contributed by atoms with Crippen molar-refractivity contribution in [3.8, 4) is 0 Å². The van der Waals surface area contributed by atoms with Crippen LogP contribution >= 0.6 is 12.6 Å². The number of rotatable bonds is 8. The Bertz CT molecular complexity index is 104. The number of hydrogen-bond acceptors (Lipinski definition) is 2. The summed E-state index contributed by atoms with van der Waals surface area (Å²) in [5, 5.41) is 0. The Labute approximate surface area is 88.7 Å². The molecule has 0 aromatic rings. The van der Waals surface area contributed by atoms with Crippen molar-refractivity contribution < 1.29 is 4.74 Å². The second-order valence-electron chi connectivity index (χ2n) is 3.97. The number of thiol groups is 1. The molecule has 0 aliphatic rings. The Kier molecular flexibility index (Phi) is 9.10. The lowest BCUT2D eigenvalue weighted by Gasteiger charge is -2.18. The fourth-order valence-corrected chi connectivity index (χ4v) is 1.67. The molecule has 80 valence electrons. The van der Waals surface area contributed by atoms with Crippen LogP contribution in [0.1, 0.15) is 40.0 Å². The monoisotopic (exact) mass is 204 g/mol. The second-order valence-corrected chi connectivity index (χ2v) is 4.33. The second kappa shape index (κ2) is 8.89. The van der Waals surface area contributed by atoms with Crippen LogP contribution in [0.2, 0.25) is 0 Å². The van der Waals surface area contributed by atoms with Gasteiger partial charge in [-0.25, -0.2) is 0 Å². The van der Waals surface area contributed by atoms with E-state index in [9.17, 15) is 0 Å². The number of hydrogen-bond donors (Lipinski definition) is 1. The molecule has 0 fully saturated rings. The molecule has 0 aliphatic carbocycles. The third kappa shape index (κ3) is 7.39. The average molecular weight is 204 g/mol. The maximum absolute atomic E-state index is 5.60. The maximum Gasteiger partial charge on any atom is 0.0504 e. The molecule has 1 atom stereocenters. The summed E-state index contributed by atoms with van der Waals surface area (Å²) in [5.41, 5.74) is 0. The van der Waals surface area contributed by atoms with Crippen molar-refractivity contribution >= 4 is 12.6 Å². The van der Waals surface area contributed by atoms with E-state index in [1.165, 1.54) is 19.3 Å². The van der Waals surface area contributed by atoms with Crippen LogP contribution in [0.15, 0.2) is 0 Å². The standard InChI is InChI=1S/C11H24OS/c1-4-5-6-7-12-8-11(9-13)10(2)3/h10-11,13H,4-9H2,1-3H3. The first-order chi connectivity index (χ1) is 6.22.